The quantitative estimate of drug-likeness (QED) is 0.760. The molecular weight excluding hydrogens is 337 g/mol. The lowest BCUT2D eigenvalue weighted by atomic mass is 9.98. The van der Waals surface area contributed by atoms with Gasteiger partial charge in [0.05, 0.1) is 5.92 Å². The van der Waals surface area contributed by atoms with Crippen molar-refractivity contribution in [3.05, 3.63) is 65.5 Å². The highest BCUT2D eigenvalue weighted by Gasteiger charge is 2.21. The first-order valence-electron chi connectivity index (χ1n) is 8.33. The summed E-state index contributed by atoms with van der Waals surface area (Å²) >= 11 is 0. The molecule has 0 saturated carbocycles. The third kappa shape index (κ3) is 5.88. The number of carboxylic acid groups (broad SMARTS) is 1. The minimum absolute atomic E-state index is 0.0149. The van der Waals surface area contributed by atoms with Gasteiger partial charge in [-0.2, -0.15) is 0 Å². The first kappa shape index (κ1) is 19.4. The van der Waals surface area contributed by atoms with Gasteiger partial charge in [0.25, 0.3) is 5.91 Å². The zero-order valence-electron chi connectivity index (χ0n) is 14.7. The van der Waals surface area contributed by atoms with Crippen LogP contribution in [0.1, 0.15) is 18.1 Å². The SMILES string of the molecule is Cc1cccc(CC(CNC(=O)C(C)Oc2cccc(F)c2)C(=O)O)c1. The predicted octanol–water partition coefficient (Wildman–Crippen LogP) is 2.96. The molecule has 0 aliphatic heterocycles. The number of rotatable bonds is 8. The van der Waals surface area contributed by atoms with Crippen LogP contribution < -0.4 is 10.1 Å². The van der Waals surface area contributed by atoms with Crippen molar-refractivity contribution in [2.75, 3.05) is 6.54 Å². The second-order valence-electron chi connectivity index (χ2n) is 6.19. The van der Waals surface area contributed by atoms with Crippen molar-refractivity contribution in [2.24, 2.45) is 5.92 Å². The lowest BCUT2D eigenvalue weighted by Gasteiger charge is -2.17. The average Bonchev–Trinajstić information content (AvgIpc) is 2.58. The fourth-order valence-electron chi connectivity index (χ4n) is 2.54. The Bertz CT molecular complexity index is 778. The molecule has 0 fully saturated rings. The van der Waals surface area contributed by atoms with Crippen LogP contribution in [0.5, 0.6) is 5.75 Å². The standard InChI is InChI=1S/C20H22FNO4/c1-13-5-3-6-15(9-13)10-16(20(24)25)12-22-19(23)14(2)26-18-8-4-7-17(21)11-18/h3-9,11,14,16H,10,12H2,1-2H3,(H,22,23)(H,24,25). The third-order valence-corrected chi connectivity index (χ3v) is 3.91. The van der Waals surface area contributed by atoms with Crippen molar-refractivity contribution >= 4 is 11.9 Å². The molecule has 2 unspecified atom stereocenters. The van der Waals surface area contributed by atoms with E-state index >= 15 is 0 Å². The molecule has 2 aromatic rings. The lowest BCUT2D eigenvalue weighted by molar-refractivity contribution is -0.141. The van der Waals surface area contributed by atoms with Gasteiger partial charge in [-0.05, 0) is 38.0 Å². The molecule has 2 aromatic carbocycles. The molecular formula is C20H22FNO4. The molecule has 0 heterocycles. The average molecular weight is 359 g/mol. The van der Waals surface area contributed by atoms with Crippen molar-refractivity contribution in [2.45, 2.75) is 26.4 Å². The zero-order valence-corrected chi connectivity index (χ0v) is 14.7. The number of carbonyl (C=O) groups excluding carboxylic acids is 1. The molecule has 0 aliphatic carbocycles. The molecule has 0 spiro atoms. The van der Waals surface area contributed by atoms with Crippen LogP contribution in [0, 0.1) is 18.7 Å². The molecule has 0 aromatic heterocycles. The van der Waals surface area contributed by atoms with E-state index in [1.807, 2.05) is 31.2 Å². The molecule has 0 radical (unpaired) electrons. The van der Waals surface area contributed by atoms with Gasteiger partial charge < -0.3 is 15.2 Å². The molecule has 2 atom stereocenters. The van der Waals surface area contributed by atoms with Crippen LogP contribution >= 0.6 is 0 Å². The fourth-order valence-corrected chi connectivity index (χ4v) is 2.54. The number of hydrogen-bond donors (Lipinski definition) is 2. The van der Waals surface area contributed by atoms with E-state index in [2.05, 4.69) is 5.32 Å². The zero-order chi connectivity index (χ0) is 19.1. The smallest absolute Gasteiger partial charge is 0.308 e. The molecule has 2 N–H and O–H groups in total. The van der Waals surface area contributed by atoms with E-state index in [0.29, 0.717) is 6.42 Å². The van der Waals surface area contributed by atoms with E-state index in [0.717, 1.165) is 11.1 Å². The topological polar surface area (TPSA) is 75.6 Å². The van der Waals surface area contributed by atoms with E-state index in [4.69, 9.17) is 4.74 Å². The minimum atomic E-state index is -0.981. The maximum absolute atomic E-state index is 13.2. The van der Waals surface area contributed by atoms with Crippen LogP contribution in [0.15, 0.2) is 48.5 Å². The molecule has 138 valence electrons. The lowest BCUT2D eigenvalue weighted by Crippen LogP contribution is -2.41. The molecule has 6 heteroatoms. The number of halogens is 1. The maximum Gasteiger partial charge on any atom is 0.308 e. The summed E-state index contributed by atoms with van der Waals surface area (Å²) < 4.78 is 18.5. The number of nitrogens with one attached hydrogen (secondary N) is 1. The molecule has 2 rings (SSSR count). The van der Waals surface area contributed by atoms with Gasteiger partial charge in [-0.1, -0.05) is 35.9 Å². The van der Waals surface area contributed by atoms with Crippen LogP contribution in [0.2, 0.25) is 0 Å². The number of aliphatic carboxylic acids is 1. The number of amides is 1. The monoisotopic (exact) mass is 359 g/mol. The number of benzene rings is 2. The highest BCUT2D eigenvalue weighted by molar-refractivity contribution is 5.81. The van der Waals surface area contributed by atoms with Crippen molar-refractivity contribution in [1.29, 1.82) is 0 Å². The van der Waals surface area contributed by atoms with Crippen molar-refractivity contribution in [3.63, 3.8) is 0 Å². The van der Waals surface area contributed by atoms with Crippen LogP contribution in [-0.2, 0) is 16.0 Å². The largest absolute Gasteiger partial charge is 0.481 e. The molecule has 0 bridgehead atoms. The summed E-state index contributed by atoms with van der Waals surface area (Å²) in [5.41, 5.74) is 1.95. The molecule has 0 saturated heterocycles. The molecule has 5 nitrogen and oxygen atoms in total. The van der Waals surface area contributed by atoms with Gasteiger partial charge >= 0.3 is 5.97 Å². The summed E-state index contributed by atoms with van der Waals surface area (Å²) in [7, 11) is 0. The van der Waals surface area contributed by atoms with Crippen LogP contribution in [0.3, 0.4) is 0 Å². The number of carboxylic acids is 1. The van der Waals surface area contributed by atoms with Crippen LogP contribution in [0.25, 0.3) is 0 Å². The van der Waals surface area contributed by atoms with Gasteiger partial charge in [0.2, 0.25) is 0 Å². The number of ether oxygens (including phenoxy) is 1. The Balaban J connectivity index is 1.91. The Kier molecular flexibility index (Phi) is 6.72. The Morgan fingerprint density at radius 3 is 2.58 bits per heavy atom. The van der Waals surface area contributed by atoms with Gasteiger partial charge in [-0.15, -0.1) is 0 Å². The minimum Gasteiger partial charge on any atom is -0.481 e. The third-order valence-electron chi connectivity index (χ3n) is 3.91. The first-order valence-corrected chi connectivity index (χ1v) is 8.33. The molecule has 1 amide bonds. The second-order valence-corrected chi connectivity index (χ2v) is 6.19. The van der Waals surface area contributed by atoms with Crippen LogP contribution in [-0.4, -0.2) is 29.6 Å². The van der Waals surface area contributed by atoms with E-state index in [9.17, 15) is 19.1 Å². The van der Waals surface area contributed by atoms with E-state index in [1.54, 1.807) is 6.07 Å². The summed E-state index contributed by atoms with van der Waals surface area (Å²) in [5.74, 6) is -2.40. The fraction of sp³-hybridized carbons (Fsp3) is 0.300. The maximum atomic E-state index is 13.2. The van der Waals surface area contributed by atoms with E-state index < -0.39 is 29.7 Å². The summed E-state index contributed by atoms with van der Waals surface area (Å²) in [6.07, 6.45) is -0.554. The summed E-state index contributed by atoms with van der Waals surface area (Å²) in [6, 6.07) is 13.1. The van der Waals surface area contributed by atoms with E-state index in [1.165, 1.54) is 25.1 Å². The Morgan fingerprint density at radius 2 is 1.92 bits per heavy atom. The van der Waals surface area contributed by atoms with Gasteiger partial charge in [-0.25, -0.2) is 4.39 Å². The highest BCUT2D eigenvalue weighted by Crippen LogP contribution is 2.14. The summed E-state index contributed by atoms with van der Waals surface area (Å²) in [6.45, 7) is 3.45. The van der Waals surface area contributed by atoms with Crippen LogP contribution in [0.4, 0.5) is 4.39 Å². The Hall–Kier alpha value is -2.89. The van der Waals surface area contributed by atoms with Gasteiger partial charge in [-0.3, -0.25) is 9.59 Å². The predicted molar refractivity (Wildman–Crippen MR) is 95.5 cm³/mol. The van der Waals surface area contributed by atoms with Gasteiger partial charge in [0.1, 0.15) is 11.6 Å². The number of hydrogen-bond acceptors (Lipinski definition) is 3. The summed E-state index contributed by atoms with van der Waals surface area (Å²) in [4.78, 5) is 23.6. The van der Waals surface area contributed by atoms with Crippen molar-refractivity contribution in [1.82, 2.24) is 5.32 Å². The van der Waals surface area contributed by atoms with E-state index in [-0.39, 0.29) is 12.3 Å². The Labute approximate surface area is 151 Å². The molecule has 26 heavy (non-hydrogen) atoms. The first-order chi connectivity index (χ1) is 12.3. The van der Waals surface area contributed by atoms with Crippen molar-refractivity contribution in [3.8, 4) is 5.75 Å². The highest BCUT2D eigenvalue weighted by atomic mass is 19.1. The molecule has 0 aliphatic rings. The van der Waals surface area contributed by atoms with Crippen molar-refractivity contribution < 1.29 is 23.8 Å². The second kappa shape index (κ2) is 8.99. The van der Waals surface area contributed by atoms with Gasteiger partial charge in [0.15, 0.2) is 6.10 Å². The Morgan fingerprint density at radius 1 is 1.19 bits per heavy atom. The summed E-state index contributed by atoms with van der Waals surface area (Å²) in [5, 5.41) is 12.0. The number of aryl methyl sites for hydroxylation is 1. The number of carbonyl (C=O) groups is 2. The normalized spacial score (nSPS) is 12.9. The van der Waals surface area contributed by atoms with Gasteiger partial charge in [0, 0.05) is 12.6 Å².